The molecule has 1 saturated heterocycles. The van der Waals surface area contributed by atoms with Gasteiger partial charge in [-0.05, 0) is 12.1 Å². The maximum Gasteiger partial charge on any atom is 0.132 e. The third-order valence-corrected chi connectivity index (χ3v) is 3.19. The van der Waals surface area contributed by atoms with Gasteiger partial charge in [0.25, 0.3) is 0 Å². The molecule has 19 heavy (non-hydrogen) atoms. The molecule has 3 rings (SSSR count). The van der Waals surface area contributed by atoms with Gasteiger partial charge in [-0.1, -0.05) is 12.1 Å². The first-order valence-corrected chi connectivity index (χ1v) is 6.33. The molecular formula is C14H16N4O. The lowest BCUT2D eigenvalue weighted by atomic mass is 10.1. The van der Waals surface area contributed by atoms with Gasteiger partial charge in [-0.15, -0.1) is 0 Å². The molecule has 5 nitrogen and oxygen atoms in total. The molecule has 2 N–H and O–H groups in total. The highest BCUT2D eigenvalue weighted by Gasteiger charge is 2.13. The first-order chi connectivity index (χ1) is 9.33. The molecule has 1 aliphatic rings. The Balaban J connectivity index is 1.88. The van der Waals surface area contributed by atoms with Gasteiger partial charge in [0, 0.05) is 30.4 Å². The molecule has 5 heteroatoms. The topological polar surface area (TPSA) is 64.3 Å². The number of morpholine rings is 1. The molecule has 0 amide bonds. The van der Waals surface area contributed by atoms with Crippen LogP contribution in [0.5, 0.6) is 0 Å². The highest BCUT2D eigenvalue weighted by atomic mass is 16.5. The van der Waals surface area contributed by atoms with Crippen LogP contribution in [0.1, 0.15) is 0 Å². The van der Waals surface area contributed by atoms with Gasteiger partial charge in [0.1, 0.15) is 12.1 Å². The summed E-state index contributed by atoms with van der Waals surface area (Å²) in [6.45, 7) is 3.25. The zero-order valence-electron chi connectivity index (χ0n) is 10.6. The molecule has 0 spiro atoms. The Morgan fingerprint density at radius 2 is 1.79 bits per heavy atom. The van der Waals surface area contributed by atoms with E-state index < -0.39 is 0 Å². The van der Waals surface area contributed by atoms with Gasteiger partial charge < -0.3 is 15.4 Å². The summed E-state index contributed by atoms with van der Waals surface area (Å²) in [5.41, 5.74) is 8.41. The van der Waals surface area contributed by atoms with Crippen molar-refractivity contribution >= 4 is 11.5 Å². The minimum absolute atomic E-state index is 0.751. The van der Waals surface area contributed by atoms with E-state index in [1.165, 1.54) is 0 Å². The van der Waals surface area contributed by atoms with Crippen molar-refractivity contribution in [2.24, 2.45) is 0 Å². The molecular weight excluding hydrogens is 240 g/mol. The normalized spacial score (nSPS) is 15.5. The Morgan fingerprint density at radius 1 is 1.05 bits per heavy atom. The number of nitrogens with zero attached hydrogens (tertiary/aromatic N) is 3. The fourth-order valence-electron chi connectivity index (χ4n) is 2.12. The largest absolute Gasteiger partial charge is 0.399 e. The maximum atomic E-state index is 5.70. The lowest BCUT2D eigenvalue weighted by Crippen LogP contribution is -2.36. The van der Waals surface area contributed by atoms with Crippen molar-refractivity contribution < 1.29 is 4.74 Å². The summed E-state index contributed by atoms with van der Waals surface area (Å²) in [7, 11) is 0. The number of benzene rings is 1. The van der Waals surface area contributed by atoms with Crippen molar-refractivity contribution in [3.8, 4) is 11.3 Å². The van der Waals surface area contributed by atoms with Crippen LogP contribution in [0.4, 0.5) is 11.5 Å². The maximum absolute atomic E-state index is 5.70. The SMILES string of the molecule is Nc1ccc(-c2cc(N3CCOCC3)ncn2)cc1. The fraction of sp³-hybridized carbons (Fsp3) is 0.286. The van der Waals surface area contributed by atoms with Crippen LogP contribution in [-0.4, -0.2) is 36.3 Å². The molecule has 0 unspecified atom stereocenters. The summed E-state index contributed by atoms with van der Waals surface area (Å²) in [5, 5.41) is 0. The van der Waals surface area contributed by atoms with Crippen LogP contribution < -0.4 is 10.6 Å². The van der Waals surface area contributed by atoms with Crippen LogP contribution >= 0.6 is 0 Å². The first kappa shape index (κ1) is 11.9. The Bertz CT molecular complexity index is 550. The summed E-state index contributed by atoms with van der Waals surface area (Å²) in [4.78, 5) is 10.9. The Morgan fingerprint density at radius 3 is 2.53 bits per heavy atom. The lowest BCUT2D eigenvalue weighted by molar-refractivity contribution is 0.122. The number of nitrogens with two attached hydrogens (primary N) is 1. The van der Waals surface area contributed by atoms with Gasteiger partial charge in [-0.2, -0.15) is 0 Å². The zero-order chi connectivity index (χ0) is 13.1. The minimum atomic E-state index is 0.751. The highest BCUT2D eigenvalue weighted by Crippen LogP contribution is 2.22. The first-order valence-electron chi connectivity index (χ1n) is 6.33. The summed E-state index contributed by atoms with van der Waals surface area (Å²) in [5.74, 6) is 0.949. The van der Waals surface area contributed by atoms with Crippen LogP contribution in [0.3, 0.4) is 0 Å². The second-order valence-electron chi connectivity index (χ2n) is 4.48. The van der Waals surface area contributed by atoms with Crippen molar-refractivity contribution in [2.45, 2.75) is 0 Å². The molecule has 98 valence electrons. The van der Waals surface area contributed by atoms with E-state index in [0.717, 1.165) is 49.1 Å². The van der Waals surface area contributed by atoms with Crippen molar-refractivity contribution in [2.75, 3.05) is 36.9 Å². The summed E-state index contributed by atoms with van der Waals surface area (Å²) >= 11 is 0. The van der Waals surface area contributed by atoms with Crippen LogP contribution in [0.25, 0.3) is 11.3 Å². The summed E-state index contributed by atoms with van der Waals surface area (Å²) in [6, 6.07) is 9.72. The third-order valence-electron chi connectivity index (χ3n) is 3.19. The smallest absolute Gasteiger partial charge is 0.132 e. The predicted octanol–water partition coefficient (Wildman–Crippen LogP) is 1.56. The molecule has 2 heterocycles. The molecule has 0 atom stereocenters. The van der Waals surface area contributed by atoms with E-state index in [2.05, 4.69) is 14.9 Å². The van der Waals surface area contributed by atoms with Crippen molar-refractivity contribution in [1.82, 2.24) is 9.97 Å². The molecule has 0 bridgehead atoms. The van der Waals surface area contributed by atoms with E-state index in [9.17, 15) is 0 Å². The molecule has 0 saturated carbocycles. The summed E-state index contributed by atoms with van der Waals surface area (Å²) < 4.78 is 5.35. The van der Waals surface area contributed by atoms with E-state index in [0.29, 0.717) is 0 Å². The van der Waals surface area contributed by atoms with Gasteiger partial charge in [0.2, 0.25) is 0 Å². The van der Waals surface area contributed by atoms with Crippen LogP contribution in [0, 0.1) is 0 Å². The molecule has 0 aliphatic carbocycles. The number of ether oxygens (including phenoxy) is 1. The van der Waals surface area contributed by atoms with Crippen LogP contribution in [0.2, 0.25) is 0 Å². The van der Waals surface area contributed by atoms with Crippen LogP contribution in [-0.2, 0) is 4.74 Å². The second kappa shape index (κ2) is 5.24. The third kappa shape index (κ3) is 2.66. The zero-order valence-corrected chi connectivity index (χ0v) is 10.6. The average Bonchev–Trinajstić information content (AvgIpc) is 2.49. The Labute approximate surface area is 112 Å². The number of hydrogen-bond donors (Lipinski definition) is 1. The quantitative estimate of drug-likeness (QED) is 0.826. The minimum Gasteiger partial charge on any atom is -0.399 e. The number of hydrogen-bond acceptors (Lipinski definition) is 5. The van der Waals surface area contributed by atoms with Crippen molar-refractivity contribution in [3.05, 3.63) is 36.7 Å². The molecule has 0 radical (unpaired) electrons. The summed E-state index contributed by atoms with van der Waals surface area (Å²) in [6.07, 6.45) is 1.61. The molecule has 1 aliphatic heterocycles. The van der Waals surface area contributed by atoms with Gasteiger partial charge in [-0.3, -0.25) is 0 Å². The predicted molar refractivity (Wildman–Crippen MR) is 74.9 cm³/mol. The Hall–Kier alpha value is -2.14. The van der Waals surface area contributed by atoms with Gasteiger partial charge in [0.15, 0.2) is 0 Å². The lowest BCUT2D eigenvalue weighted by Gasteiger charge is -2.27. The standard InChI is InChI=1S/C14H16N4O/c15-12-3-1-11(2-4-12)13-9-14(17-10-16-13)18-5-7-19-8-6-18/h1-4,9-10H,5-8,15H2. The molecule has 1 aromatic heterocycles. The number of rotatable bonds is 2. The fourth-order valence-corrected chi connectivity index (χ4v) is 2.12. The van der Waals surface area contributed by atoms with Crippen LogP contribution in [0.15, 0.2) is 36.7 Å². The number of aromatic nitrogens is 2. The average molecular weight is 256 g/mol. The van der Waals surface area contributed by atoms with E-state index >= 15 is 0 Å². The number of anilines is 2. The van der Waals surface area contributed by atoms with Gasteiger partial charge >= 0.3 is 0 Å². The Kier molecular flexibility index (Phi) is 3.29. The van der Waals surface area contributed by atoms with Gasteiger partial charge in [-0.25, -0.2) is 9.97 Å². The van der Waals surface area contributed by atoms with E-state index in [-0.39, 0.29) is 0 Å². The highest BCUT2D eigenvalue weighted by molar-refractivity contribution is 5.64. The van der Waals surface area contributed by atoms with Gasteiger partial charge in [0.05, 0.1) is 18.9 Å². The molecule has 2 aromatic rings. The van der Waals surface area contributed by atoms with Crippen molar-refractivity contribution in [3.63, 3.8) is 0 Å². The van der Waals surface area contributed by atoms with Crippen molar-refractivity contribution in [1.29, 1.82) is 0 Å². The van der Waals surface area contributed by atoms with E-state index in [1.54, 1.807) is 6.33 Å². The number of nitrogen functional groups attached to an aromatic ring is 1. The molecule has 1 aromatic carbocycles. The second-order valence-corrected chi connectivity index (χ2v) is 4.48. The molecule has 1 fully saturated rings. The van der Waals surface area contributed by atoms with E-state index in [1.807, 2.05) is 30.3 Å². The monoisotopic (exact) mass is 256 g/mol. The van der Waals surface area contributed by atoms with E-state index in [4.69, 9.17) is 10.5 Å².